The standard InChI is InChI=1S/C19H22FN7O/c1-11(2)23-13-5-6-27(10-13)19-21-9-16(24-26-19)14-4-3-12(7-17(14)28)15-8-22-25-18(15)20/h3-4,7-9,11,13,23,28H,5-6,10H2,1-2H3,(H,22,25). The largest absolute Gasteiger partial charge is 0.507 e. The van der Waals surface area contributed by atoms with Crippen LogP contribution in [0, 0.1) is 5.95 Å². The molecule has 0 bridgehead atoms. The Labute approximate surface area is 161 Å². The summed E-state index contributed by atoms with van der Waals surface area (Å²) in [6.07, 6.45) is 4.01. The number of aromatic nitrogens is 5. The zero-order chi connectivity index (χ0) is 19.7. The average Bonchev–Trinajstić information content (AvgIpc) is 3.30. The molecular formula is C19H22FN7O. The molecule has 1 aromatic carbocycles. The van der Waals surface area contributed by atoms with E-state index in [1.54, 1.807) is 18.3 Å². The summed E-state index contributed by atoms with van der Waals surface area (Å²) < 4.78 is 13.6. The zero-order valence-corrected chi connectivity index (χ0v) is 15.7. The Hall–Kier alpha value is -3.07. The first-order chi connectivity index (χ1) is 13.5. The van der Waals surface area contributed by atoms with E-state index in [0.29, 0.717) is 40.4 Å². The van der Waals surface area contributed by atoms with Crippen molar-refractivity contribution in [1.82, 2.24) is 30.7 Å². The van der Waals surface area contributed by atoms with E-state index in [1.807, 2.05) is 0 Å². The van der Waals surface area contributed by atoms with Crippen LogP contribution in [-0.2, 0) is 0 Å². The van der Waals surface area contributed by atoms with E-state index in [4.69, 9.17) is 0 Å². The number of hydrogen-bond donors (Lipinski definition) is 3. The second-order valence-corrected chi connectivity index (χ2v) is 7.23. The van der Waals surface area contributed by atoms with E-state index in [2.05, 4.69) is 49.4 Å². The fraction of sp³-hybridized carbons (Fsp3) is 0.368. The van der Waals surface area contributed by atoms with Gasteiger partial charge in [-0.2, -0.15) is 9.49 Å². The number of aromatic hydroxyl groups is 1. The molecule has 1 atom stereocenters. The van der Waals surface area contributed by atoms with Gasteiger partial charge in [0.25, 0.3) is 0 Å². The molecule has 8 nitrogen and oxygen atoms in total. The van der Waals surface area contributed by atoms with Crippen LogP contribution in [0.15, 0.2) is 30.6 Å². The summed E-state index contributed by atoms with van der Waals surface area (Å²) in [5, 5.41) is 28.2. The van der Waals surface area contributed by atoms with Gasteiger partial charge in [-0.25, -0.2) is 4.98 Å². The van der Waals surface area contributed by atoms with E-state index in [1.165, 1.54) is 12.3 Å². The van der Waals surface area contributed by atoms with Gasteiger partial charge in [0.1, 0.15) is 11.4 Å². The smallest absolute Gasteiger partial charge is 0.245 e. The van der Waals surface area contributed by atoms with Gasteiger partial charge in [0.15, 0.2) is 0 Å². The lowest BCUT2D eigenvalue weighted by Gasteiger charge is -2.18. The summed E-state index contributed by atoms with van der Waals surface area (Å²) in [6, 6.07) is 5.69. The van der Waals surface area contributed by atoms with Crippen molar-refractivity contribution in [2.24, 2.45) is 0 Å². The lowest BCUT2D eigenvalue weighted by atomic mass is 10.0. The predicted molar refractivity (Wildman–Crippen MR) is 103 cm³/mol. The highest BCUT2D eigenvalue weighted by Crippen LogP contribution is 2.32. The quantitative estimate of drug-likeness (QED) is 0.621. The van der Waals surface area contributed by atoms with Gasteiger partial charge < -0.3 is 15.3 Å². The molecule has 0 amide bonds. The lowest BCUT2D eigenvalue weighted by molar-refractivity contribution is 0.477. The maximum atomic E-state index is 13.6. The highest BCUT2D eigenvalue weighted by atomic mass is 19.1. The second-order valence-electron chi connectivity index (χ2n) is 7.23. The summed E-state index contributed by atoms with van der Waals surface area (Å²) >= 11 is 0. The third-order valence-electron chi connectivity index (χ3n) is 4.77. The van der Waals surface area contributed by atoms with Crippen molar-refractivity contribution in [3.05, 3.63) is 36.5 Å². The molecule has 1 unspecified atom stereocenters. The zero-order valence-electron chi connectivity index (χ0n) is 15.7. The number of hydrogen-bond acceptors (Lipinski definition) is 7. The van der Waals surface area contributed by atoms with Gasteiger partial charge in [-0.15, -0.1) is 10.2 Å². The molecule has 1 aliphatic heterocycles. The number of aromatic amines is 1. The minimum atomic E-state index is -0.547. The van der Waals surface area contributed by atoms with Crippen molar-refractivity contribution in [2.75, 3.05) is 18.0 Å². The molecule has 0 aliphatic carbocycles. The molecule has 3 heterocycles. The van der Waals surface area contributed by atoms with Crippen LogP contribution in [0.1, 0.15) is 20.3 Å². The predicted octanol–water partition coefficient (Wildman–Crippen LogP) is 2.35. The number of halogens is 1. The highest BCUT2D eigenvalue weighted by Gasteiger charge is 2.25. The molecule has 0 saturated carbocycles. The minimum Gasteiger partial charge on any atom is -0.507 e. The molecule has 1 aliphatic rings. The van der Waals surface area contributed by atoms with Gasteiger partial charge in [0, 0.05) is 30.7 Å². The van der Waals surface area contributed by atoms with Crippen molar-refractivity contribution in [3.8, 4) is 28.1 Å². The molecule has 146 valence electrons. The van der Waals surface area contributed by atoms with E-state index in [0.717, 1.165) is 19.5 Å². The third-order valence-corrected chi connectivity index (χ3v) is 4.77. The molecule has 2 aromatic heterocycles. The highest BCUT2D eigenvalue weighted by molar-refractivity contribution is 5.73. The topological polar surface area (TPSA) is 103 Å². The summed E-state index contributed by atoms with van der Waals surface area (Å²) in [4.78, 5) is 6.52. The number of phenols is 1. The van der Waals surface area contributed by atoms with Gasteiger partial charge in [0.05, 0.1) is 18.0 Å². The number of H-pyrrole nitrogens is 1. The molecule has 1 fully saturated rings. The Bertz CT molecular complexity index is 957. The van der Waals surface area contributed by atoms with Gasteiger partial charge >= 0.3 is 0 Å². The minimum absolute atomic E-state index is 0.0238. The second kappa shape index (κ2) is 7.51. The van der Waals surface area contributed by atoms with E-state index in [-0.39, 0.29) is 5.75 Å². The maximum Gasteiger partial charge on any atom is 0.245 e. The van der Waals surface area contributed by atoms with Gasteiger partial charge in [0.2, 0.25) is 11.9 Å². The van der Waals surface area contributed by atoms with Crippen LogP contribution in [0.5, 0.6) is 5.75 Å². The molecule has 1 saturated heterocycles. The van der Waals surface area contributed by atoms with E-state index < -0.39 is 5.95 Å². The Morgan fingerprint density at radius 3 is 2.75 bits per heavy atom. The molecule has 3 aromatic rings. The molecule has 0 spiro atoms. The number of nitrogens with one attached hydrogen (secondary N) is 2. The summed E-state index contributed by atoms with van der Waals surface area (Å²) in [5.41, 5.74) is 1.75. The first-order valence-corrected chi connectivity index (χ1v) is 9.24. The molecular weight excluding hydrogens is 361 g/mol. The number of phenolic OH excluding ortho intramolecular Hbond substituents is 1. The number of rotatable bonds is 5. The summed E-state index contributed by atoms with van der Waals surface area (Å²) in [6.45, 7) is 5.99. The van der Waals surface area contributed by atoms with Crippen molar-refractivity contribution in [3.63, 3.8) is 0 Å². The van der Waals surface area contributed by atoms with Crippen molar-refractivity contribution in [2.45, 2.75) is 32.4 Å². The first kappa shape index (κ1) is 18.3. The van der Waals surface area contributed by atoms with Crippen LogP contribution in [-0.4, -0.2) is 55.7 Å². The van der Waals surface area contributed by atoms with Crippen LogP contribution >= 0.6 is 0 Å². The van der Waals surface area contributed by atoms with Crippen LogP contribution in [0.3, 0.4) is 0 Å². The average molecular weight is 383 g/mol. The molecule has 0 radical (unpaired) electrons. The van der Waals surface area contributed by atoms with Crippen molar-refractivity contribution < 1.29 is 9.50 Å². The monoisotopic (exact) mass is 383 g/mol. The van der Waals surface area contributed by atoms with E-state index in [9.17, 15) is 9.50 Å². The Kier molecular flexibility index (Phi) is 4.91. The summed E-state index contributed by atoms with van der Waals surface area (Å²) in [7, 11) is 0. The van der Waals surface area contributed by atoms with Crippen LogP contribution in [0.25, 0.3) is 22.4 Å². The van der Waals surface area contributed by atoms with Crippen molar-refractivity contribution >= 4 is 5.95 Å². The molecule has 4 rings (SSSR count). The third kappa shape index (κ3) is 3.65. The molecule has 3 N–H and O–H groups in total. The fourth-order valence-electron chi connectivity index (χ4n) is 3.47. The maximum absolute atomic E-state index is 13.6. The first-order valence-electron chi connectivity index (χ1n) is 9.24. The number of nitrogens with zero attached hydrogens (tertiary/aromatic N) is 5. The van der Waals surface area contributed by atoms with Crippen LogP contribution in [0.4, 0.5) is 10.3 Å². The van der Waals surface area contributed by atoms with Gasteiger partial charge in [-0.3, -0.25) is 5.10 Å². The van der Waals surface area contributed by atoms with Crippen molar-refractivity contribution in [1.29, 1.82) is 0 Å². The van der Waals surface area contributed by atoms with E-state index >= 15 is 0 Å². The Balaban J connectivity index is 1.51. The molecule has 9 heteroatoms. The normalized spacial score (nSPS) is 16.9. The van der Waals surface area contributed by atoms with Crippen LogP contribution in [0.2, 0.25) is 0 Å². The number of benzene rings is 1. The van der Waals surface area contributed by atoms with Crippen LogP contribution < -0.4 is 10.2 Å². The number of anilines is 1. The van der Waals surface area contributed by atoms with Gasteiger partial charge in [-0.05, 0) is 24.1 Å². The Morgan fingerprint density at radius 1 is 1.25 bits per heavy atom. The lowest BCUT2D eigenvalue weighted by Crippen LogP contribution is -2.37. The molecule has 28 heavy (non-hydrogen) atoms. The Morgan fingerprint density at radius 2 is 2.11 bits per heavy atom. The summed E-state index contributed by atoms with van der Waals surface area (Å²) in [5.74, 6) is 0.00605. The van der Waals surface area contributed by atoms with Gasteiger partial charge in [-0.1, -0.05) is 19.9 Å². The fourth-order valence-corrected chi connectivity index (χ4v) is 3.47. The SMILES string of the molecule is CC(C)NC1CCN(c2ncc(-c3ccc(-c4cn[nH]c4F)cc3O)nn2)C1.